The summed E-state index contributed by atoms with van der Waals surface area (Å²) in [7, 11) is 0. The molecule has 0 radical (unpaired) electrons. The van der Waals surface area contributed by atoms with Gasteiger partial charge < -0.3 is 28.8 Å². The van der Waals surface area contributed by atoms with Crippen LogP contribution in [0.15, 0.2) is 103 Å². The van der Waals surface area contributed by atoms with Crippen molar-refractivity contribution in [2.75, 3.05) is 13.2 Å². The summed E-state index contributed by atoms with van der Waals surface area (Å²) in [6.07, 6.45) is -2.53. The van der Waals surface area contributed by atoms with Gasteiger partial charge in [-0.15, -0.1) is 0 Å². The van der Waals surface area contributed by atoms with E-state index in [2.05, 4.69) is 0 Å². The molecule has 6 atom stereocenters. The number of carbonyl (C=O) groups is 3. The highest BCUT2D eigenvalue weighted by molar-refractivity contribution is 5.91. The summed E-state index contributed by atoms with van der Waals surface area (Å²) in [4.78, 5) is 38.9. The average Bonchev–Trinajstić information content (AvgIpc) is 3.33. The van der Waals surface area contributed by atoms with Crippen LogP contribution < -0.4 is 0 Å². The molecule has 5 rings (SSSR count). The van der Waals surface area contributed by atoms with E-state index in [0.717, 1.165) is 0 Å². The molecule has 2 aliphatic rings. The van der Waals surface area contributed by atoms with Crippen molar-refractivity contribution < 1.29 is 43.2 Å². The maximum Gasteiger partial charge on any atom is 0.338 e. The molecule has 1 saturated heterocycles. The summed E-state index contributed by atoms with van der Waals surface area (Å²) in [5.41, 5.74) is 0.925. The molecule has 0 amide bonds. The predicted molar refractivity (Wildman–Crippen MR) is 142 cm³/mol. The number of rotatable bonds is 8. The molecule has 1 fully saturated rings. The van der Waals surface area contributed by atoms with Crippen molar-refractivity contribution in [2.24, 2.45) is 0 Å². The fraction of sp³-hybridized carbons (Fsp3) is 0.258. The van der Waals surface area contributed by atoms with Crippen molar-refractivity contribution in [2.45, 2.75) is 36.6 Å². The number of carbonyl (C=O) groups excluding carboxylic acids is 3. The summed E-state index contributed by atoms with van der Waals surface area (Å²) in [5, 5.41) is 9.87. The minimum Gasteiger partial charge on any atom is -0.459 e. The third-order valence-electron chi connectivity index (χ3n) is 6.55. The van der Waals surface area contributed by atoms with E-state index in [1.807, 2.05) is 0 Å². The van der Waals surface area contributed by atoms with Crippen molar-refractivity contribution in [3.05, 3.63) is 120 Å². The monoisotopic (exact) mass is 544 g/mol. The highest BCUT2D eigenvalue weighted by Gasteiger charge is 2.53. The molecule has 0 spiro atoms. The van der Waals surface area contributed by atoms with Gasteiger partial charge in [0.2, 0.25) is 0 Å². The fourth-order valence-corrected chi connectivity index (χ4v) is 4.54. The third-order valence-corrected chi connectivity index (χ3v) is 6.55. The van der Waals surface area contributed by atoms with Gasteiger partial charge in [0, 0.05) is 0 Å². The minimum absolute atomic E-state index is 0.00249. The minimum atomic E-state index is -1.14. The van der Waals surface area contributed by atoms with Gasteiger partial charge in [0.15, 0.2) is 12.2 Å². The number of hydrogen-bond acceptors (Lipinski definition) is 9. The van der Waals surface area contributed by atoms with Crippen molar-refractivity contribution >= 4 is 17.9 Å². The van der Waals surface area contributed by atoms with Gasteiger partial charge in [-0.3, -0.25) is 0 Å². The molecular weight excluding hydrogens is 516 g/mol. The van der Waals surface area contributed by atoms with Gasteiger partial charge in [-0.25, -0.2) is 14.4 Å². The van der Waals surface area contributed by atoms with Gasteiger partial charge >= 0.3 is 17.9 Å². The van der Waals surface area contributed by atoms with Crippen molar-refractivity contribution in [1.29, 1.82) is 0 Å². The third kappa shape index (κ3) is 6.45. The Bertz CT molecular complexity index is 1330. The molecule has 0 bridgehead atoms. The normalized spacial score (nSPS) is 25.6. The van der Waals surface area contributed by atoms with Gasteiger partial charge in [0.25, 0.3) is 0 Å². The molecule has 1 N–H and O–H groups in total. The zero-order valence-corrected chi connectivity index (χ0v) is 21.4. The van der Waals surface area contributed by atoms with Crippen molar-refractivity contribution in [1.82, 2.24) is 0 Å². The Morgan fingerprint density at radius 2 is 1.20 bits per heavy atom. The van der Waals surface area contributed by atoms with Gasteiger partial charge in [-0.1, -0.05) is 66.7 Å². The van der Waals surface area contributed by atoms with Crippen LogP contribution in [0.3, 0.4) is 0 Å². The quantitative estimate of drug-likeness (QED) is 0.259. The molecule has 0 unspecified atom stereocenters. The largest absolute Gasteiger partial charge is 0.459 e. The zero-order valence-electron chi connectivity index (χ0n) is 21.4. The molecule has 2 heterocycles. The molecular formula is C31H28O9. The lowest BCUT2D eigenvalue weighted by molar-refractivity contribution is -0.101. The predicted octanol–water partition coefficient (Wildman–Crippen LogP) is 3.38. The van der Waals surface area contributed by atoms with Gasteiger partial charge in [-0.05, 0) is 36.4 Å². The lowest BCUT2D eigenvalue weighted by Gasteiger charge is -2.29. The Labute approximate surface area is 230 Å². The molecule has 206 valence electrons. The Kier molecular flexibility index (Phi) is 8.65. The molecule has 0 aliphatic carbocycles. The van der Waals surface area contributed by atoms with E-state index in [0.29, 0.717) is 11.1 Å². The second-order valence-electron chi connectivity index (χ2n) is 9.33. The average molecular weight is 545 g/mol. The Balaban J connectivity index is 1.43. The summed E-state index contributed by atoms with van der Waals surface area (Å²) >= 11 is 0. The van der Waals surface area contributed by atoms with Crippen LogP contribution in [0.4, 0.5) is 0 Å². The van der Waals surface area contributed by atoms with Crippen LogP contribution in [0.1, 0.15) is 31.1 Å². The molecule has 9 heteroatoms. The first-order chi connectivity index (χ1) is 19.5. The number of esters is 3. The van der Waals surface area contributed by atoms with Crippen LogP contribution in [0.5, 0.6) is 0 Å². The van der Waals surface area contributed by atoms with E-state index in [1.54, 1.807) is 103 Å². The first kappa shape index (κ1) is 27.3. The Morgan fingerprint density at radius 1 is 0.700 bits per heavy atom. The number of hydrogen-bond donors (Lipinski definition) is 1. The van der Waals surface area contributed by atoms with Crippen molar-refractivity contribution in [3.63, 3.8) is 0 Å². The number of ether oxygens (including phenoxy) is 5. The van der Waals surface area contributed by atoms with Crippen LogP contribution in [0, 0.1) is 0 Å². The van der Waals surface area contributed by atoms with E-state index < -0.39 is 54.5 Å². The van der Waals surface area contributed by atoms with E-state index in [1.165, 1.54) is 0 Å². The van der Waals surface area contributed by atoms with E-state index in [-0.39, 0.29) is 18.8 Å². The molecule has 0 saturated carbocycles. The molecule has 9 nitrogen and oxygen atoms in total. The van der Waals surface area contributed by atoms with Gasteiger partial charge in [0.1, 0.15) is 24.9 Å². The lowest BCUT2D eigenvalue weighted by Crippen LogP contribution is -2.46. The first-order valence-electron chi connectivity index (χ1n) is 12.9. The van der Waals surface area contributed by atoms with Gasteiger partial charge in [0.05, 0.1) is 29.4 Å². The maximum absolute atomic E-state index is 13.1. The van der Waals surface area contributed by atoms with Crippen LogP contribution >= 0.6 is 0 Å². The fourth-order valence-electron chi connectivity index (χ4n) is 4.54. The Hall–Kier alpha value is -4.31. The topological polar surface area (TPSA) is 118 Å². The first-order valence-corrected chi connectivity index (χ1v) is 12.9. The summed E-state index contributed by atoms with van der Waals surface area (Å²) in [5.74, 6) is -1.90. The second kappa shape index (κ2) is 12.7. The summed E-state index contributed by atoms with van der Waals surface area (Å²) in [6.45, 7) is -0.280. The highest BCUT2D eigenvalue weighted by Crippen LogP contribution is 2.33. The number of aliphatic hydroxyl groups is 1. The molecule has 40 heavy (non-hydrogen) atoms. The molecule has 3 aromatic rings. The number of benzene rings is 3. The summed E-state index contributed by atoms with van der Waals surface area (Å²) < 4.78 is 29.3. The van der Waals surface area contributed by atoms with Crippen LogP contribution in [-0.4, -0.2) is 72.9 Å². The summed E-state index contributed by atoms with van der Waals surface area (Å²) in [6, 6.07) is 25.2. The standard InChI is InChI=1S/C31H28O9/c32-23-16-17-24(36-18-23)26-28(40-31(35)22-14-8-3-9-15-22)27(39-30(34)21-12-6-2-7-13-21)25(38-26)19-37-29(33)20-10-4-1-5-11-20/h1-17,23-28,32H,18-19H2/t23-,24-,25-,26+,27-,28+/m1/s1. The van der Waals surface area contributed by atoms with Crippen LogP contribution in [-0.2, 0) is 23.7 Å². The van der Waals surface area contributed by atoms with Crippen LogP contribution in [0.2, 0.25) is 0 Å². The molecule has 3 aromatic carbocycles. The lowest BCUT2D eigenvalue weighted by atomic mass is 10.0. The van der Waals surface area contributed by atoms with E-state index in [9.17, 15) is 19.5 Å². The smallest absolute Gasteiger partial charge is 0.338 e. The van der Waals surface area contributed by atoms with Crippen molar-refractivity contribution in [3.8, 4) is 0 Å². The van der Waals surface area contributed by atoms with Crippen LogP contribution in [0.25, 0.3) is 0 Å². The van der Waals surface area contributed by atoms with Gasteiger partial charge in [-0.2, -0.15) is 0 Å². The SMILES string of the molecule is O=C(OC[C@H]1O[C@@H]([C@H]2C=C[C@@H](O)CO2)[C@H](OC(=O)c2ccccc2)[C@@H]1OC(=O)c1ccccc1)c1ccccc1. The Morgan fingerprint density at radius 3 is 1.70 bits per heavy atom. The second-order valence-corrected chi connectivity index (χ2v) is 9.33. The maximum atomic E-state index is 13.1. The van der Waals surface area contributed by atoms with E-state index in [4.69, 9.17) is 23.7 Å². The molecule has 2 aliphatic heterocycles. The zero-order chi connectivity index (χ0) is 27.9. The van der Waals surface area contributed by atoms with E-state index >= 15 is 0 Å². The highest BCUT2D eigenvalue weighted by atomic mass is 16.7. The molecule has 0 aromatic heterocycles. The number of aliphatic hydroxyl groups excluding tert-OH is 1.